The Kier molecular flexibility index (Phi) is 4.47. The lowest BCUT2D eigenvalue weighted by molar-refractivity contribution is -0.0490. The van der Waals surface area contributed by atoms with Crippen molar-refractivity contribution in [3.05, 3.63) is 47.0 Å². The lowest BCUT2D eigenvalue weighted by Gasteiger charge is -2.16. The number of nitrogens with one attached hydrogen (secondary N) is 1. The van der Waals surface area contributed by atoms with Gasteiger partial charge in [-0.2, -0.15) is 4.98 Å². The van der Waals surface area contributed by atoms with E-state index in [-0.39, 0.29) is 11.6 Å². The number of hydrogen-bond donors (Lipinski definition) is 4. The molecule has 4 N–H and O–H groups in total. The predicted octanol–water partition coefficient (Wildman–Crippen LogP) is 0.281. The quantitative estimate of drug-likeness (QED) is 0.592. The highest BCUT2D eigenvalue weighted by Gasteiger charge is 2.45. The zero-order chi connectivity index (χ0) is 17.3. The average molecular weight is 337 g/mol. The van der Waals surface area contributed by atoms with Crippen molar-refractivity contribution in [3.8, 4) is 5.75 Å². The summed E-state index contributed by atoms with van der Waals surface area (Å²) in [5.41, 5.74) is -0.438. The number of hydrogen-bond acceptors (Lipinski definition) is 7. The summed E-state index contributed by atoms with van der Waals surface area (Å²) in [7, 11) is 0. The Hall–Kier alpha value is -2.49. The van der Waals surface area contributed by atoms with Crippen LogP contribution in [0.1, 0.15) is 6.23 Å². The van der Waals surface area contributed by atoms with Crippen LogP contribution >= 0.6 is 0 Å². The molecule has 1 aliphatic heterocycles. The number of benzene rings is 1. The van der Waals surface area contributed by atoms with E-state index in [9.17, 15) is 19.4 Å². The van der Waals surface area contributed by atoms with Gasteiger partial charge in [0.15, 0.2) is 12.4 Å². The summed E-state index contributed by atoms with van der Waals surface area (Å²) in [6.07, 6.45) is -4.58. The molecule has 4 atom stereocenters. The smallest absolute Gasteiger partial charge is 0.351 e. The second-order valence-corrected chi connectivity index (χ2v) is 5.33. The maximum absolute atomic E-state index is 14.1. The third-order valence-corrected chi connectivity index (χ3v) is 3.74. The van der Waals surface area contributed by atoms with E-state index < -0.39 is 36.9 Å². The number of nitrogens with zero attached hydrogens (tertiary/aromatic N) is 2. The zero-order valence-electron chi connectivity index (χ0n) is 12.4. The largest absolute Gasteiger partial charge is 0.506 e. The van der Waals surface area contributed by atoms with Crippen molar-refractivity contribution in [2.45, 2.75) is 24.6 Å². The molecule has 0 radical (unpaired) electrons. The highest BCUT2D eigenvalue weighted by Crippen LogP contribution is 2.31. The third kappa shape index (κ3) is 2.96. The van der Waals surface area contributed by atoms with E-state index in [4.69, 9.17) is 9.84 Å². The SMILES string of the molecule is O=c1nc(Nc2ccccc2O)ccn1[C@@H]1O[C@H](CO)C(O)C1F. The van der Waals surface area contributed by atoms with Crippen molar-refractivity contribution in [2.75, 3.05) is 11.9 Å². The summed E-state index contributed by atoms with van der Waals surface area (Å²) in [5, 5.41) is 31.1. The van der Waals surface area contributed by atoms with Gasteiger partial charge in [-0.15, -0.1) is 0 Å². The number of aliphatic hydroxyl groups excluding tert-OH is 2. The number of aromatic hydroxyl groups is 1. The summed E-state index contributed by atoms with van der Waals surface area (Å²) < 4.78 is 20.1. The second kappa shape index (κ2) is 6.56. The second-order valence-electron chi connectivity index (χ2n) is 5.33. The topological polar surface area (TPSA) is 117 Å². The van der Waals surface area contributed by atoms with E-state index in [1.165, 1.54) is 18.3 Å². The van der Waals surface area contributed by atoms with Crippen molar-refractivity contribution in [2.24, 2.45) is 0 Å². The molecule has 0 amide bonds. The molecule has 2 aromatic rings. The minimum absolute atomic E-state index is 0.0136. The molecule has 1 fully saturated rings. The minimum Gasteiger partial charge on any atom is -0.506 e. The Bertz CT molecular complexity index is 784. The molecule has 24 heavy (non-hydrogen) atoms. The van der Waals surface area contributed by atoms with Crippen molar-refractivity contribution >= 4 is 11.5 Å². The van der Waals surface area contributed by atoms with Gasteiger partial charge >= 0.3 is 5.69 Å². The molecule has 0 saturated carbocycles. The Labute approximate surface area is 135 Å². The van der Waals surface area contributed by atoms with E-state index in [1.54, 1.807) is 18.2 Å². The lowest BCUT2D eigenvalue weighted by atomic mass is 10.1. The first kappa shape index (κ1) is 16.4. The minimum atomic E-state index is -1.86. The Morgan fingerprint density at radius 2 is 2.08 bits per heavy atom. The van der Waals surface area contributed by atoms with E-state index in [0.717, 1.165) is 4.57 Å². The number of phenols is 1. The van der Waals surface area contributed by atoms with Gasteiger partial charge in [-0.1, -0.05) is 12.1 Å². The van der Waals surface area contributed by atoms with Gasteiger partial charge in [0.25, 0.3) is 0 Å². The molecule has 8 nitrogen and oxygen atoms in total. The molecule has 1 saturated heterocycles. The van der Waals surface area contributed by atoms with Gasteiger partial charge in [0.2, 0.25) is 0 Å². The fourth-order valence-corrected chi connectivity index (χ4v) is 2.47. The number of aliphatic hydroxyl groups is 2. The highest BCUT2D eigenvalue weighted by atomic mass is 19.1. The number of rotatable bonds is 4. The molecule has 1 aromatic carbocycles. The monoisotopic (exact) mass is 337 g/mol. The van der Waals surface area contributed by atoms with E-state index in [0.29, 0.717) is 5.69 Å². The lowest BCUT2D eigenvalue weighted by Crippen LogP contribution is -2.33. The van der Waals surface area contributed by atoms with Crippen LogP contribution in [0.3, 0.4) is 0 Å². The van der Waals surface area contributed by atoms with Gasteiger partial charge in [-0.3, -0.25) is 4.57 Å². The van der Waals surface area contributed by atoms with Gasteiger partial charge < -0.3 is 25.4 Å². The number of alkyl halides is 1. The van der Waals surface area contributed by atoms with E-state index in [2.05, 4.69) is 10.3 Å². The van der Waals surface area contributed by atoms with Crippen molar-refractivity contribution in [3.63, 3.8) is 0 Å². The Balaban J connectivity index is 1.83. The summed E-state index contributed by atoms with van der Waals surface area (Å²) in [6, 6.07) is 7.82. The molecule has 0 bridgehead atoms. The van der Waals surface area contributed by atoms with Gasteiger partial charge in [0, 0.05) is 6.20 Å². The summed E-state index contributed by atoms with van der Waals surface area (Å²) in [4.78, 5) is 15.9. The molecule has 2 unspecified atom stereocenters. The van der Waals surface area contributed by atoms with Crippen molar-refractivity contribution in [1.29, 1.82) is 0 Å². The normalized spacial score (nSPS) is 26.5. The van der Waals surface area contributed by atoms with Crippen LogP contribution in [-0.2, 0) is 4.74 Å². The van der Waals surface area contributed by atoms with Crippen molar-refractivity contribution in [1.82, 2.24) is 9.55 Å². The Morgan fingerprint density at radius 3 is 2.71 bits per heavy atom. The number of anilines is 2. The zero-order valence-corrected chi connectivity index (χ0v) is 12.4. The number of para-hydroxylation sites is 2. The number of phenolic OH excluding ortho intramolecular Hbond substituents is 1. The molecule has 3 rings (SSSR count). The van der Waals surface area contributed by atoms with Crippen LogP contribution in [0.25, 0.3) is 0 Å². The van der Waals surface area contributed by atoms with Gasteiger partial charge in [0.1, 0.15) is 23.8 Å². The fraction of sp³-hybridized carbons (Fsp3) is 0.333. The maximum atomic E-state index is 14.1. The summed E-state index contributed by atoms with van der Waals surface area (Å²) in [6.45, 7) is -0.562. The molecule has 2 heterocycles. The molecule has 9 heteroatoms. The highest BCUT2D eigenvalue weighted by molar-refractivity contribution is 5.62. The predicted molar refractivity (Wildman–Crippen MR) is 81.8 cm³/mol. The molecule has 0 aliphatic carbocycles. The van der Waals surface area contributed by atoms with Gasteiger partial charge in [-0.05, 0) is 18.2 Å². The van der Waals surface area contributed by atoms with Crippen LogP contribution in [0.2, 0.25) is 0 Å². The fourth-order valence-electron chi connectivity index (χ4n) is 2.47. The van der Waals surface area contributed by atoms with Gasteiger partial charge in [-0.25, -0.2) is 9.18 Å². The number of ether oxygens (including phenoxy) is 1. The Morgan fingerprint density at radius 1 is 1.33 bits per heavy atom. The van der Waals surface area contributed by atoms with Crippen LogP contribution in [0.4, 0.5) is 15.9 Å². The molecule has 1 aliphatic rings. The average Bonchev–Trinajstić information content (AvgIpc) is 2.85. The first-order valence-electron chi connectivity index (χ1n) is 7.24. The van der Waals surface area contributed by atoms with Crippen molar-refractivity contribution < 1.29 is 24.4 Å². The standard InChI is InChI=1S/C15H16FN3O5/c16-12-13(22)10(7-20)24-14(12)19-6-5-11(18-15(19)23)17-8-3-1-2-4-9(8)21/h1-6,10,12-14,20-22H,7H2,(H,17,18,23)/t10-,12?,13?,14-/m1/s1. The number of halogens is 1. The molecule has 0 spiro atoms. The molecular weight excluding hydrogens is 321 g/mol. The van der Waals surface area contributed by atoms with Crippen LogP contribution in [0.15, 0.2) is 41.3 Å². The van der Waals surface area contributed by atoms with Crippen LogP contribution in [-0.4, -0.2) is 49.9 Å². The summed E-state index contributed by atoms with van der Waals surface area (Å²) in [5.74, 6) is 0.144. The maximum Gasteiger partial charge on any atom is 0.351 e. The number of aromatic nitrogens is 2. The van der Waals surface area contributed by atoms with Gasteiger partial charge in [0.05, 0.1) is 12.3 Å². The third-order valence-electron chi connectivity index (χ3n) is 3.74. The molecule has 1 aromatic heterocycles. The van der Waals surface area contributed by atoms with Crippen LogP contribution in [0.5, 0.6) is 5.75 Å². The van der Waals surface area contributed by atoms with Crippen LogP contribution < -0.4 is 11.0 Å². The first-order valence-corrected chi connectivity index (χ1v) is 7.24. The molecule has 128 valence electrons. The summed E-state index contributed by atoms with van der Waals surface area (Å²) >= 11 is 0. The van der Waals surface area contributed by atoms with Crippen LogP contribution in [0, 0.1) is 0 Å². The molecular formula is C15H16FN3O5. The first-order chi connectivity index (χ1) is 11.5. The van der Waals surface area contributed by atoms with E-state index in [1.807, 2.05) is 0 Å². The van der Waals surface area contributed by atoms with E-state index >= 15 is 0 Å².